The molecule has 2 aromatic carbocycles. The van der Waals surface area contributed by atoms with E-state index >= 15 is 0 Å². The first-order valence-electron chi connectivity index (χ1n) is 8.23. The molecule has 0 saturated carbocycles. The Labute approximate surface area is 163 Å². The molecule has 0 bridgehead atoms. The SMILES string of the molecule is CN=C(NCCc1cccc(C(=O)NC)c1)NCc1ccc(Cl)cc1Cl. The Kier molecular flexibility index (Phi) is 7.75. The van der Waals surface area contributed by atoms with Gasteiger partial charge in [-0.25, -0.2) is 0 Å². The Bertz CT molecular complexity index is 793. The average molecular weight is 393 g/mol. The van der Waals surface area contributed by atoms with Crippen LogP contribution in [0.15, 0.2) is 47.5 Å². The average Bonchev–Trinajstić information content (AvgIpc) is 2.65. The fraction of sp³-hybridized carbons (Fsp3) is 0.263. The molecule has 3 N–H and O–H groups in total. The van der Waals surface area contributed by atoms with Crippen molar-refractivity contribution in [3.05, 3.63) is 69.2 Å². The lowest BCUT2D eigenvalue weighted by Crippen LogP contribution is -2.37. The summed E-state index contributed by atoms with van der Waals surface area (Å²) in [5.41, 5.74) is 2.68. The Hall–Kier alpha value is -2.24. The van der Waals surface area contributed by atoms with Crippen LogP contribution in [0.3, 0.4) is 0 Å². The highest BCUT2D eigenvalue weighted by atomic mass is 35.5. The second-order valence-electron chi connectivity index (χ2n) is 5.62. The minimum absolute atomic E-state index is 0.0860. The maximum atomic E-state index is 11.7. The molecule has 0 aromatic heterocycles. The Balaban J connectivity index is 1.84. The zero-order chi connectivity index (χ0) is 18.9. The number of guanidine groups is 1. The van der Waals surface area contributed by atoms with Crippen LogP contribution in [0.25, 0.3) is 0 Å². The van der Waals surface area contributed by atoms with Crippen molar-refractivity contribution in [1.82, 2.24) is 16.0 Å². The van der Waals surface area contributed by atoms with Gasteiger partial charge >= 0.3 is 0 Å². The predicted octanol–water partition coefficient (Wildman–Crippen LogP) is 3.26. The van der Waals surface area contributed by atoms with Crippen molar-refractivity contribution in [2.45, 2.75) is 13.0 Å². The highest BCUT2D eigenvalue weighted by Crippen LogP contribution is 2.20. The number of amides is 1. The highest BCUT2D eigenvalue weighted by molar-refractivity contribution is 6.35. The molecule has 0 aliphatic rings. The molecule has 5 nitrogen and oxygen atoms in total. The maximum Gasteiger partial charge on any atom is 0.251 e. The van der Waals surface area contributed by atoms with Gasteiger partial charge in [0, 0.05) is 42.8 Å². The smallest absolute Gasteiger partial charge is 0.251 e. The van der Waals surface area contributed by atoms with Crippen molar-refractivity contribution >= 4 is 35.1 Å². The summed E-state index contributed by atoms with van der Waals surface area (Å²) >= 11 is 12.1. The van der Waals surface area contributed by atoms with Gasteiger partial charge < -0.3 is 16.0 Å². The minimum atomic E-state index is -0.0860. The largest absolute Gasteiger partial charge is 0.356 e. The Morgan fingerprint density at radius 3 is 2.62 bits per heavy atom. The van der Waals surface area contributed by atoms with Crippen LogP contribution in [0, 0.1) is 0 Å². The standard InChI is InChI=1S/C19H22Cl2N4O/c1-22-18(26)14-5-3-4-13(10-14)8-9-24-19(23-2)25-12-15-6-7-16(20)11-17(15)21/h3-7,10-11H,8-9,12H2,1-2H3,(H,22,26)(H2,23,24,25). The van der Waals surface area contributed by atoms with Crippen molar-refractivity contribution < 1.29 is 4.79 Å². The molecular weight excluding hydrogens is 371 g/mol. The summed E-state index contributed by atoms with van der Waals surface area (Å²) in [6.45, 7) is 1.23. The minimum Gasteiger partial charge on any atom is -0.356 e. The van der Waals surface area contributed by atoms with Gasteiger partial charge in [-0.2, -0.15) is 0 Å². The van der Waals surface area contributed by atoms with Crippen molar-refractivity contribution in [2.75, 3.05) is 20.6 Å². The fourth-order valence-electron chi connectivity index (χ4n) is 2.40. The van der Waals surface area contributed by atoms with Crippen LogP contribution in [-0.2, 0) is 13.0 Å². The zero-order valence-electron chi connectivity index (χ0n) is 14.8. The predicted molar refractivity (Wildman–Crippen MR) is 108 cm³/mol. The van der Waals surface area contributed by atoms with E-state index in [1.165, 1.54) is 0 Å². The third-order valence-electron chi connectivity index (χ3n) is 3.81. The normalized spacial score (nSPS) is 11.2. The zero-order valence-corrected chi connectivity index (χ0v) is 16.3. The van der Waals surface area contributed by atoms with E-state index in [1.807, 2.05) is 24.3 Å². The lowest BCUT2D eigenvalue weighted by molar-refractivity contribution is 0.0963. The first-order chi connectivity index (χ1) is 12.5. The third-order valence-corrected chi connectivity index (χ3v) is 4.39. The summed E-state index contributed by atoms with van der Waals surface area (Å²) < 4.78 is 0. The summed E-state index contributed by atoms with van der Waals surface area (Å²) in [4.78, 5) is 15.9. The van der Waals surface area contributed by atoms with Crippen LogP contribution in [0.2, 0.25) is 10.0 Å². The van der Waals surface area contributed by atoms with Gasteiger partial charge in [0.25, 0.3) is 5.91 Å². The number of nitrogens with zero attached hydrogens (tertiary/aromatic N) is 1. The summed E-state index contributed by atoms with van der Waals surface area (Å²) in [5.74, 6) is 0.593. The topological polar surface area (TPSA) is 65.5 Å². The number of carbonyl (C=O) groups excluding carboxylic acids is 1. The van der Waals surface area contributed by atoms with E-state index in [0.29, 0.717) is 34.7 Å². The molecule has 1 amide bonds. The summed E-state index contributed by atoms with van der Waals surface area (Å²) in [6.07, 6.45) is 0.771. The highest BCUT2D eigenvalue weighted by Gasteiger charge is 2.05. The van der Waals surface area contributed by atoms with Crippen LogP contribution in [0.5, 0.6) is 0 Å². The summed E-state index contributed by atoms with van der Waals surface area (Å²) in [5, 5.41) is 10.3. The number of aliphatic imine (C=N–C) groups is 1. The molecule has 0 spiro atoms. The first kappa shape index (κ1) is 20.1. The molecule has 26 heavy (non-hydrogen) atoms. The van der Waals surface area contributed by atoms with Gasteiger partial charge in [0.05, 0.1) is 0 Å². The van der Waals surface area contributed by atoms with Crippen LogP contribution in [-0.4, -0.2) is 32.5 Å². The van der Waals surface area contributed by atoms with E-state index in [1.54, 1.807) is 32.3 Å². The number of carbonyl (C=O) groups is 1. The van der Waals surface area contributed by atoms with Crippen LogP contribution >= 0.6 is 23.2 Å². The van der Waals surface area contributed by atoms with E-state index < -0.39 is 0 Å². The molecule has 0 radical (unpaired) electrons. The molecule has 0 aliphatic carbocycles. The van der Waals surface area contributed by atoms with Crippen molar-refractivity contribution in [2.24, 2.45) is 4.99 Å². The number of benzene rings is 2. The molecule has 138 valence electrons. The summed E-state index contributed by atoms with van der Waals surface area (Å²) in [7, 11) is 3.34. The van der Waals surface area contributed by atoms with Crippen molar-refractivity contribution in [3.8, 4) is 0 Å². The number of hydrogen-bond donors (Lipinski definition) is 3. The van der Waals surface area contributed by atoms with Crippen molar-refractivity contribution in [1.29, 1.82) is 0 Å². The first-order valence-corrected chi connectivity index (χ1v) is 8.98. The Morgan fingerprint density at radius 2 is 1.92 bits per heavy atom. The van der Waals surface area contributed by atoms with E-state index in [-0.39, 0.29) is 5.91 Å². The van der Waals surface area contributed by atoms with Gasteiger partial charge in [-0.05, 0) is 41.8 Å². The molecule has 7 heteroatoms. The molecular formula is C19H22Cl2N4O. The molecule has 2 aromatic rings. The van der Waals surface area contributed by atoms with Crippen molar-refractivity contribution in [3.63, 3.8) is 0 Å². The van der Waals surface area contributed by atoms with Gasteiger partial charge in [0.2, 0.25) is 0 Å². The van der Waals surface area contributed by atoms with Crippen LogP contribution < -0.4 is 16.0 Å². The summed E-state index contributed by atoms with van der Waals surface area (Å²) in [6, 6.07) is 13.0. The number of halogens is 2. The van der Waals surface area contributed by atoms with Gasteiger partial charge in [-0.15, -0.1) is 0 Å². The molecule has 0 aliphatic heterocycles. The number of rotatable bonds is 6. The van der Waals surface area contributed by atoms with Gasteiger partial charge in [-0.1, -0.05) is 41.4 Å². The number of nitrogens with one attached hydrogen (secondary N) is 3. The van der Waals surface area contributed by atoms with Gasteiger partial charge in [0.15, 0.2) is 5.96 Å². The third kappa shape index (κ3) is 5.93. The fourth-order valence-corrected chi connectivity index (χ4v) is 2.88. The molecule has 0 unspecified atom stereocenters. The molecule has 0 fully saturated rings. The Morgan fingerprint density at radius 1 is 1.12 bits per heavy atom. The van der Waals surface area contributed by atoms with Gasteiger partial charge in [0.1, 0.15) is 0 Å². The second kappa shape index (κ2) is 10.0. The quantitative estimate of drug-likeness (QED) is 0.522. The van der Waals surface area contributed by atoms with Gasteiger partial charge in [-0.3, -0.25) is 9.79 Å². The lowest BCUT2D eigenvalue weighted by atomic mass is 10.1. The van der Waals surface area contributed by atoms with Crippen LogP contribution in [0.4, 0.5) is 0 Å². The molecule has 0 atom stereocenters. The molecule has 0 heterocycles. The van der Waals surface area contributed by atoms with E-state index in [9.17, 15) is 4.79 Å². The monoisotopic (exact) mass is 392 g/mol. The maximum absolute atomic E-state index is 11.7. The van der Waals surface area contributed by atoms with E-state index in [4.69, 9.17) is 23.2 Å². The van der Waals surface area contributed by atoms with Crippen LogP contribution in [0.1, 0.15) is 21.5 Å². The molecule has 0 saturated heterocycles. The van der Waals surface area contributed by atoms with E-state index in [0.717, 1.165) is 17.5 Å². The van der Waals surface area contributed by atoms with E-state index in [2.05, 4.69) is 20.9 Å². The number of hydrogen-bond acceptors (Lipinski definition) is 2. The lowest BCUT2D eigenvalue weighted by Gasteiger charge is -2.13. The second-order valence-corrected chi connectivity index (χ2v) is 6.46. The molecule has 2 rings (SSSR count).